The maximum Gasteiger partial charge on any atom is 0.357 e. The molecule has 0 atom stereocenters. The summed E-state index contributed by atoms with van der Waals surface area (Å²) in [6.07, 6.45) is 1.49. The van der Waals surface area contributed by atoms with Crippen LogP contribution >= 0.6 is 23.2 Å². The third kappa shape index (κ3) is 4.33. The molecule has 11 heteroatoms. The van der Waals surface area contributed by atoms with Crippen molar-refractivity contribution in [1.29, 1.82) is 0 Å². The van der Waals surface area contributed by atoms with E-state index in [1.165, 1.54) is 30.1 Å². The van der Waals surface area contributed by atoms with E-state index in [0.717, 1.165) is 0 Å². The summed E-state index contributed by atoms with van der Waals surface area (Å²) >= 11 is 12.1. The van der Waals surface area contributed by atoms with Gasteiger partial charge < -0.3 is 9.67 Å². The zero-order chi connectivity index (χ0) is 22.9. The molecule has 3 rings (SSSR count). The van der Waals surface area contributed by atoms with E-state index in [1.54, 1.807) is 23.6 Å². The van der Waals surface area contributed by atoms with Crippen LogP contribution in [0.4, 0.5) is 5.69 Å². The van der Waals surface area contributed by atoms with Crippen molar-refractivity contribution in [2.75, 3.05) is 7.11 Å². The lowest BCUT2D eigenvalue weighted by molar-refractivity contribution is -0.737. The first kappa shape index (κ1) is 22.5. The highest BCUT2D eigenvalue weighted by Crippen LogP contribution is 2.31. The summed E-state index contributed by atoms with van der Waals surface area (Å²) < 4.78 is 3.18. The van der Waals surface area contributed by atoms with Gasteiger partial charge in [0.25, 0.3) is 4.92 Å². The first-order valence-electron chi connectivity index (χ1n) is 9.18. The highest BCUT2D eigenvalue weighted by Gasteiger charge is 2.25. The van der Waals surface area contributed by atoms with Crippen molar-refractivity contribution in [2.24, 2.45) is 0 Å². The van der Waals surface area contributed by atoms with E-state index in [-0.39, 0.29) is 28.5 Å². The number of carbonyl (C=O) groups is 1. The molecule has 0 spiro atoms. The predicted molar refractivity (Wildman–Crippen MR) is 115 cm³/mol. The van der Waals surface area contributed by atoms with Gasteiger partial charge in [0, 0.05) is 23.9 Å². The van der Waals surface area contributed by atoms with Gasteiger partial charge in [0.2, 0.25) is 0 Å². The predicted octanol–water partition coefficient (Wildman–Crippen LogP) is 4.07. The van der Waals surface area contributed by atoms with E-state index >= 15 is 0 Å². The Bertz CT molecular complexity index is 1250. The van der Waals surface area contributed by atoms with E-state index in [4.69, 9.17) is 23.2 Å². The number of aryl methyl sites for hydroxylation is 1. The highest BCUT2D eigenvalue weighted by atomic mass is 35.5. The van der Waals surface area contributed by atoms with Gasteiger partial charge in [-0.1, -0.05) is 29.3 Å². The Kier molecular flexibility index (Phi) is 6.47. The van der Waals surface area contributed by atoms with E-state index in [0.29, 0.717) is 33.4 Å². The summed E-state index contributed by atoms with van der Waals surface area (Å²) in [5, 5.41) is 14.6. The Morgan fingerprint density at radius 2 is 1.97 bits per heavy atom. The van der Waals surface area contributed by atoms with Crippen LogP contribution in [0.1, 0.15) is 28.7 Å². The second-order valence-corrected chi connectivity index (χ2v) is 7.45. The average Bonchev–Trinajstić information content (AvgIpc) is 3.08. The smallest absolute Gasteiger partial charge is 0.357 e. The van der Waals surface area contributed by atoms with Crippen molar-refractivity contribution in [1.82, 2.24) is 14.3 Å². The van der Waals surface area contributed by atoms with Crippen molar-refractivity contribution in [3.63, 3.8) is 0 Å². The summed E-state index contributed by atoms with van der Waals surface area (Å²) in [7, 11) is 1.24. The number of halogens is 2. The van der Waals surface area contributed by atoms with Gasteiger partial charge in [0.05, 0.1) is 27.2 Å². The fourth-order valence-electron chi connectivity index (χ4n) is 3.37. The van der Waals surface area contributed by atoms with E-state index in [9.17, 15) is 19.6 Å². The molecular formula is C20H19Cl2N4O5+. The minimum Gasteiger partial charge on any atom is -0.477 e. The number of aromatic nitrogens is 3. The van der Waals surface area contributed by atoms with Gasteiger partial charge in [-0.3, -0.25) is 9.48 Å². The first-order valence-corrected chi connectivity index (χ1v) is 9.94. The third-order valence-corrected chi connectivity index (χ3v) is 5.47. The van der Waals surface area contributed by atoms with Crippen LogP contribution in [0.15, 0.2) is 35.3 Å². The number of carboxylic acid groups (broad SMARTS) is 1. The van der Waals surface area contributed by atoms with Crippen LogP contribution in [0.25, 0.3) is 11.3 Å². The van der Waals surface area contributed by atoms with Crippen molar-refractivity contribution in [3.8, 4) is 11.3 Å². The second-order valence-electron chi connectivity index (χ2n) is 6.64. The van der Waals surface area contributed by atoms with Gasteiger partial charge in [-0.05, 0) is 26.0 Å². The number of rotatable bonds is 7. The molecule has 0 aliphatic rings. The third-order valence-electron chi connectivity index (χ3n) is 4.73. The Hall–Kier alpha value is -3.17. The van der Waals surface area contributed by atoms with Gasteiger partial charge >= 0.3 is 11.7 Å². The molecule has 0 aliphatic heterocycles. The van der Waals surface area contributed by atoms with Crippen molar-refractivity contribution in [3.05, 3.63) is 72.6 Å². The quantitative estimate of drug-likeness (QED) is 0.527. The molecule has 0 fully saturated rings. The summed E-state index contributed by atoms with van der Waals surface area (Å²) in [6.45, 7) is 3.96. The number of hydrogen-bond acceptors (Lipinski definition) is 5. The number of benzene rings is 1. The van der Waals surface area contributed by atoms with Crippen LogP contribution in [0.2, 0.25) is 10.0 Å². The van der Waals surface area contributed by atoms with Crippen molar-refractivity contribution >= 4 is 34.9 Å². The molecule has 0 aliphatic carbocycles. The van der Waals surface area contributed by atoms with E-state index in [1.807, 2.05) is 6.92 Å². The van der Waals surface area contributed by atoms with Crippen molar-refractivity contribution in [2.45, 2.75) is 26.9 Å². The van der Waals surface area contributed by atoms with E-state index in [2.05, 4.69) is 9.94 Å². The minimum absolute atomic E-state index is 0.121. The van der Waals surface area contributed by atoms with Crippen LogP contribution in [-0.2, 0) is 17.9 Å². The molecule has 0 bridgehead atoms. The number of nitrogens with zero attached hydrogens (tertiary/aromatic N) is 4. The molecule has 31 heavy (non-hydrogen) atoms. The van der Waals surface area contributed by atoms with E-state index < -0.39 is 11.4 Å². The van der Waals surface area contributed by atoms with Gasteiger partial charge in [0.1, 0.15) is 17.5 Å². The highest BCUT2D eigenvalue weighted by molar-refractivity contribution is 6.42. The minimum atomic E-state index is -1.35. The fraction of sp³-hybridized carbons (Fsp3) is 0.250. The SMILES string of the molecule is CCn1c(Cn2cc([N+](=O)OC)c(C)n2)cc(=O)c(C(=O)O)c1-c1ccc(Cl)c(Cl)c1. The molecule has 2 aromatic heterocycles. The lowest BCUT2D eigenvalue weighted by Crippen LogP contribution is -2.24. The molecule has 162 valence electrons. The van der Waals surface area contributed by atoms with Gasteiger partial charge in [-0.15, -0.1) is 0 Å². The Labute approximate surface area is 186 Å². The molecule has 9 nitrogen and oxygen atoms in total. The van der Waals surface area contributed by atoms with Crippen LogP contribution in [0.5, 0.6) is 0 Å². The zero-order valence-corrected chi connectivity index (χ0v) is 18.4. The van der Waals surface area contributed by atoms with Crippen LogP contribution < -0.4 is 5.43 Å². The maximum absolute atomic E-state index is 12.8. The first-order chi connectivity index (χ1) is 14.7. The number of carboxylic acids is 1. The normalized spacial score (nSPS) is 10.9. The molecule has 1 N–H and O–H groups in total. The van der Waals surface area contributed by atoms with Gasteiger partial charge in [0.15, 0.2) is 12.5 Å². The molecular weight excluding hydrogens is 447 g/mol. The second kappa shape index (κ2) is 8.91. The summed E-state index contributed by atoms with van der Waals surface area (Å²) in [5.41, 5.74) is 0.792. The lowest BCUT2D eigenvalue weighted by Gasteiger charge is -2.20. The summed E-state index contributed by atoms with van der Waals surface area (Å²) in [5.74, 6) is -1.35. The Morgan fingerprint density at radius 3 is 2.55 bits per heavy atom. The largest absolute Gasteiger partial charge is 0.477 e. The summed E-state index contributed by atoms with van der Waals surface area (Å²) in [6, 6.07) is 5.93. The molecule has 0 saturated heterocycles. The Morgan fingerprint density at radius 1 is 1.26 bits per heavy atom. The molecule has 1 aromatic carbocycles. The van der Waals surface area contributed by atoms with Crippen LogP contribution in [0, 0.1) is 11.8 Å². The van der Waals surface area contributed by atoms with Gasteiger partial charge in [-0.2, -0.15) is 5.10 Å². The lowest BCUT2D eigenvalue weighted by atomic mass is 10.0. The van der Waals surface area contributed by atoms with Crippen LogP contribution in [0.3, 0.4) is 0 Å². The number of pyridine rings is 1. The molecule has 0 amide bonds. The molecule has 2 heterocycles. The standard InChI is InChI=1S/C20H18Cl2N4O5/c1-4-25-13(9-24-10-16(11(2)23-24)26(30)31-3)8-17(27)18(20(28)29)19(25)12-5-6-14(21)15(22)7-12/h5-8,10H,4,9H2,1-3H3/p+1. The number of aromatic carboxylic acids is 1. The fourth-order valence-corrected chi connectivity index (χ4v) is 3.67. The molecule has 0 saturated carbocycles. The Balaban J connectivity index is 2.22. The topological polar surface area (TPSA) is 106 Å². The monoisotopic (exact) mass is 465 g/mol. The van der Waals surface area contributed by atoms with Crippen molar-refractivity contribution < 1.29 is 19.7 Å². The van der Waals surface area contributed by atoms with Crippen LogP contribution in [-0.4, -0.2) is 37.5 Å². The number of hydrogen-bond donors (Lipinski definition) is 1. The van der Waals surface area contributed by atoms with Gasteiger partial charge in [-0.25, -0.2) is 9.63 Å². The zero-order valence-electron chi connectivity index (χ0n) is 16.9. The maximum atomic E-state index is 12.8. The molecule has 3 aromatic rings. The molecule has 0 radical (unpaired) electrons. The summed E-state index contributed by atoms with van der Waals surface area (Å²) in [4.78, 5) is 41.5. The molecule has 0 unspecified atom stereocenters. The average molecular weight is 466 g/mol.